The number of nitrogens with one attached hydrogen (secondary N) is 3. The summed E-state index contributed by atoms with van der Waals surface area (Å²) in [5, 5.41) is 7.69. The Kier molecular flexibility index (Phi) is 4.26. The zero-order chi connectivity index (χ0) is 15.5. The van der Waals surface area contributed by atoms with Gasteiger partial charge >= 0.3 is 6.03 Å². The number of amides is 4. The second kappa shape index (κ2) is 5.95. The van der Waals surface area contributed by atoms with Crippen LogP contribution in [0.4, 0.5) is 4.79 Å². The minimum atomic E-state index is -1.17. The molecule has 112 valence electrons. The van der Waals surface area contributed by atoms with Crippen molar-refractivity contribution in [3.8, 4) is 0 Å². The summed E-state index contributed by atoms with van der Waals surface area (Å²) >= 11 is 0. The van der Waals surface area contributed by atoms with Gasteiger partial charge in [-0.3, -0.25) is 14.9 Å². The molecule has 6 nitrogen and oxygen atoms in total. The van der Waals surface area contributed by atoms with Gasteiger partial charge in [-0.05, 0) is 25.8 Å². The van der Waals surface area contributed by atoms with E-state index in [1.807, 2.05) is 19.9 Å². The molecule has 1 atom stereocenters. The summed E-state index contributed by atoms with van der Waals surface area (Å²) in [5.41, 5.74) is -0.502. The van der Waals surface area contributed by atoms with Gasteiger partial charge in [0.15, 0.2) is 0 Å². The Morgan fingerprint density at radius 1 is 1.24 bits per heavy atom. The zero-order valence-corrected chi connectivity index (χ0v) is 12.1. The van der Waals surface area contributed by atoms with Gasteiger partial charge in [0.25, 0.3) is 5.91 Å². The Morgan fingerprint density at radius 2 is 1.90 bits per heavy atom. The van der Waals surface area contributed by atoms with Crippen molar-refractivity contribution in [2.75, 3.05) is 0 Å². The van der Waals surface area contributed by atoms with E-state index >= 15 is 0 Å². The monoisotopic (exact) mass is 289 g/mol. The van der Waals surface area contributed by atoms with Gasteiger partial charge in [0.05, 0.1) is 0 Å². The van der Waals surface area contributed by atoms with Gasteiger partial charge in [0.1, 0.15) is 5.54 Å². The van der Waals surface area contributed by atoms with Crippen LogP contribution in [0.25, 0.3) is 0 Å². The third kappa shape index (κ3) is 3.21. The molecule has 21 heavy (non-hydrogen) atoms. The molecule has 4 amide bonds. The van der Waals surface area contributed by atoms with Crippen molar-refractivity contribution in [1.82, 2.24) is 16.0 Å². The molecule has 1 unspecified atom stereocenters. The van der Waals surface area contributed by atoms with E-state index < -0.39 is 17.5 Å². The van der Waals surface area contributed by atoms with Crippen molar-refractivity contribution >= 4 is 17.8 Å². The fraction of sp³-hybridized carbons (Fsp3) is 0.400. The summed E-state index contributed by atoms with van der Waals surface area (Å²) < 4.78 is 0. The van der Waals surface area contributed by atoms with Crippen LogP contribution >= 0.6 is 0 Å². The molecule has 1 heterocycles. The van der Waals surface area contributed by atoms with Gasteiger partial charge in [0.2, 0.25) is 5.91 Å². The lowest BCUT2D eigenvalue weighted by Gasteiger charge is -2.26. The maximum Gasteiger partial charge on any atom is 0.322 e. The fourth-order valence-corrected chi connectivity index (χ4v) is 2.43. The summed E-state index contributed by atoms with van der Waals surface area (Å²) in [6.07, 6.45) is 0.369. The van der Waals surface area contributed by atoms with Crippen LogP contribution in [0.3, 0.4) is 0 Å². The van der Waals surface area contributed by atoms with E-state index in [2.05, 4.69) is 16.0 Å². The van der Waals surface area contributed by atoms with Crippen molar-refractivity contribution in [1.29, 1.82) is 0 Å². The lowest BCUT2D eigenvalue weighted by Crippen LogP contribution is -2.45. The van der Waals surface area contributed by atoms with Gasteiger partial charge in [-0.1, -0.05) is 30.3 Å². The summed E-state index contributed by atoms with van der Waals surface area (Å²) in [6, 6.07) is 8.46. The molecule has 0 radical (unpaired) electrons. The van der Waals surface area contributed by atoms with Crippen LogP contribution < -0.4 is 16.0 Å². The predicted octanol–water partition coefficient (Wildman–Crippen LogP) is 1.03. The fourth-order valence-electron chi connectivity index (χ4n) is 2.43. The topological polar surface area (TPSA) is 87.3 Å². The molecule has 0 aliphatic carbocycles. The van der Waals surface area contributed by atoms with E-state index in [4.69, 9.17) is 0 Å². The van der Waals surface area contributed by atoms with Crippen LogP contribution in [-0.4, -0.2) is 23.9 Å². The first-order chi connectivity index (χ1) is 9.94. The van der Waals surface area contributed by atoms with Crippen LogP contribution in [0.2, 0.25) is 0 Å². The first-order valence-electron chi connectivity index (χ1n) is 6.92. The second-order valence-electron chi connectivity index (χ2n) is 5.40. The number of urea groups is 1. The highest BCUT2D eigenvalue weighted by Gasteiger charge is 2.47. The van der Waals surface area contributed by atoms with Gasteiger partial charge in [0, 0.05) is 12.5 Å². The SMILES string of the molecule is CC(C)NC(=O)CCC1(c2ccccc2)NC(=O)NC1=O. The number of hydrogen-bond acceptors (Lipinski definition) is 3. The highest BCUT2D eigenvalue weighted by molar-refractivity contribution is 6.07. The molecule has 1 aromatic rings. The number of hydrogen-bond donors (Lipinski definition) is 3. The number of benzene rings is 1. The molecular weight excluding hydrogens is 270 g/mol. The molecule has 1 aliphatic heterocycles. The number of imide groups is 1. The van der Waals surface area contributed by atoms with Crippen molar-refractivity contribution in [3.63, 3.8) is 0 Å². The smallest absolute Gasteiger partial charge is 0.322 e. The third-order valence-electron chi connectivity index (χ3n) is 3.38. The molecular formula is C15H19N3O3. The Labute approximate surface area is 123 Å². The van der Waals surface area contributed by atoms with E-state index in [1.165, 1.54) is 0 Å². The zero-order valence-electron chi connectivity index (χ0n) is 12.1. The average molecular weight is 289 g/mol. The molecule has 0 bridgehead atoms. The molecule has 1 fully saturated rings. The van der Waals surface area contributed by atoms with Gasteiger partial charge in [-0.2, -0.15) is 0 Å². The largest absolute Gasteiger partial charge is 0.354 e. The van der Waals surface area contributed by atoms with E-state index in [1.54, 1.807) is 24.3 Å². The van der Waals surface area contributed by atoms with Crippen molar-refractivity contribution < 1.29 is 14.4 Å². The quantitative estimate of drug-likeness (QED) is 0.707. The minimum absolute atomic E-state index is 0.0390. The normalized spacial score (nSPS) is 21.1. The van der Waals surface area contributed by atoms with E-state index in [-0.39, 0.29) is 24.8 Å². The number of carbonyl (C=O) groups excluding carboxylic acids is 3. The highest BCUT2D eigenvalue weighted by atomic mass is 16.2. The molecule has 3 N–H and O–H groups in total. The van der Waals surface area contributed by atoms with Crippen molar-refractivity contribution in [3.05, 3.63) is 35.9 Å². The molecule has 2 rings (SSSR count). The van der Waals surface area contributed by atoms with Crippen LogP contribution in [0, 0.1) is 0 Å². The standard InChI is InChI=1S/C15H19N3O3/c1-10(2)16-12(19)8-9-15(11-6-4-3-5-7-11)13(20)17-14(21)18-15/h3-7,10H,8-9H2,1-2H3,(H,16,19)(H2,17,18,20,21). The third-order valence-corrected chi connectivity index (χ3v) is 3.38. The summed E-state index contributed by atoms with van der Waals surface area (Å²) in [7, 11) is 0. The second-order valence-corrected chi connectivity index (χ2v) is 5.40. The summed E-state index contributed by atoms with van der Waals surface area (Å²) in [4.78, 5) is 35.6. The van der Waals surface area contributed by atoms with E-state index in [0.717, 1.165) is 0 Å². The predicted molar refractivity (Wildman–Crippen MR) is 77.3 cm³/mol. The molecule has 0 saturated carbocycles. The Balaban J connectivity index is 2.21. The molecule has 1 saturated heterocycles. The minimum Gasteiger partial charge on any atom is -0.354 e. The first-order valence-corrected chi connectivity index (χ1v) is 6.92. The number of carbonyl (C=O) groups is 3. The maximum atomic E-state index is 12.2. The van der Waals surface area contributed by atoms with Crippen molar-refractivity contribution in [2.24, 2.45) is 0 Å². The van der Waals surface area contributed by atoms with E-state index in [9.17, 15) is 14.4 Å². The lowest BCUT2D eigenvalue weighted by atomic mass is 9.85. The average Bonchev–Trinajstić information content (AvgIpc) is 2.72. The maximum absolute atomic E-state index is 12.2. The Hall–Kier alpha value is -2.37. The van der Waals surface area contributed by atoms with Crippen LogP contribution in [0.1, 0.15) is 32.3 Å². The molecule has 6 heteroatoms. The van der Waals surface area contributed by atoms with Gasteiger partial charge in [-0.15, -0.1) is 0 Å². The van der Waals surface area contributed by atoms with Crippen molar-refractivity contribution in [2.45, 2.75) is 38.3 Å². The number of rotatable bonds is 5. The van der Waals surface area contributed by atoms with Crippen LogP contribution in [-0.2, 0) is 15.1 Å². The van der Waals surface area contributed by atoms with Gasteiger partial charge < -0.3 is 10.6 Å². The van der Waals surface area contributed by atoms with E-state index in [0.29, 0.717) is 5.56 Å². The lowest BCUT2D eigenvalue weighted by molar-refractivity contribution is -0.125. The molecule has 0 spiro atoms. The van der Waals surface area contributed by atoms with Gasteiger partial charge in [-0.25, -0.2) is 4.79 Å². The molecule has 1 aromatic carbocycles. The summed E-state index contributed by atoms with van der Waals surface area (Å²) in [6.45, 7) is 3.74. The first kappa shape index (κ1) is 15.0. The van der Waals surface area contributed by atoms with Crippen LogP contribution in [0.15, 0.2) is 30.3 Å². The summed E-state index contributed by atoms with van der Waals surface area (Å²) in [5.74, 6) is -0.565. The molecule has 1 aliphatic rings. The Bertz CT molecular complexity index is 557. The van der Waals surface area contributed by atoms with Crippen LogP contribution in [0.5, 0.6) is 0 Å². The molecule has 0 aromatic heterocycles. The highest BCUT2D eigenvalue weighted by Crippen LogP contribution is 2.29. The Morgan fingerprint density at radius 3 is 2.43 bits per heavy atom.